The molecule has 23 heavy (non-hydrogen) atoms. The van der Waals surface area contributed by atoms with E-state index in [0.29, 0.717) is 24.2 Å². The van der Waals surface area contributed by atoms with Gasteiger partial charge < -0.3 is 5.32 Å². The van der Waals surface area contributed by atoms with Crippen LogP contribution in [0.5, 0.6) is 0 Å². The van der Waals surface area contributed by atoms with Crippen molar-refractivity contribution in [2.45, 2.75) is 19.9 Å². The van der Waals surface area contributed by atoms with Gasteiger partial charge in [0.15, 0.2) is 0 Å². The second-order valence-electron chi connectivity index (χ2n) is 5.35. The normalized spacial score (nSPS) is 10.3. The Labute approximate surface area is 137 Å². The van der Waals surface area contributed by atoms with Crippen molar-refractivity contribution < 1.29 is 4.79 Å². The first kappa shape index (κ1) is 16.7. The molecular formula is C19H21N3O. The van der Waals surface area contributed by atoms with Crippen LogP contribution in [0.4, 0.5) is 5.69 Å². The second-order valence-corrected chi connectivity index (χ2v) is 5.35. The SMILES string of the molecule is CCN(CCC(=O)Nc1cccc(C#N)c1)Cc1ccccc1. The Hall–Kier alpha value is -2.64. The van der Waals surface area contributed by atoms with Gasteiger partial charge in [-0.05, 0) is 30.3 Å². The maximum absolute atomic E-state index is 12.1. The summed E-state index contributed by atoms with van der Waals surface area (Å²) in [5, 5.41) is 11.7. The molecule has 4 nitrogen and oxygen atoms in total. The molecule has 0 aromatic heterocycles. The summed E-state index contributed by atoms with van der Waals surface area (Å²) in [7, 11) is 0. The lowest BCUT2D eigenvalue weighted by atomic mass is 10.2. The molecule has 0 heterocycles. The number of carbonyl (C=O) groups is 1. The van der Waals surface area contributed by atoms with Crippen molar-refractivity contribution in [2.75, 3.05) is 18.4 Å². The number of hydrogen-bond donors (Lipinski definition) is 1. The largest absolute Gasteiger partial charge is 0.326 e. The molecule has 0 saturated carbocycles. The molecule has 118 valence electrons. The summed E-state index contributed by atoms with van der Waals surface area (Å²) in [6, 6.07) is 19.3. The number of benzene rings is 2. The van der Waals surface area contributed by atoms with Gasteiger partial charge in [-0.1, -0.05) is 43.3 Å². The van der Waals surface area contributed by atoms with Gasteiger partial charge >= 0.3 is 0 Å². The van der Waals surface area contributed by atoms with Crippen LogP contribution in [-0.4, -0.2) is 23.9 Å². The summed E-state index contributed by atoms with van der Waals surface area (Å²) in [5.74, 6) is -0.0356. The van der Waals surface area contributed by atoms with Crippen molar-refractivity contribution in [1.29, 1.82) is 5.26 Å². The Bertz CT molecular complexity index is 677. The first-order chi connectivity index (χ1) is 11.2. The Morgan fingerprint density at radius 2 is 1.96 bits per heavy atom. The molecule has 0 saturated heterocycles. The molecule has 0 atom stereocenters. The molecule has 0 aliphatic heterocycles. The minimum absolute atomic E-state index is 0.0356. The summed E-state index contributed by atoms with van der Waals surface area (Å²) < 4.78 is 0. The second kappa shape index (κ2) is 8.72. The number of hydrogen-bond acceptors (Lipinski definition) is 3. The van der Waals surface area contributed by atoms with E-state index in [1.165, 1.54) is 5.56 Å². The van der Waals surface area contributed by atoms with Crippen molar-refractivity contribution in [1.82, 2.24) is 4.90 Å². The van der Waals surface area contributed by atoms with Crippen LogP contribution in [0.3, 0.4) is 0 Å². The van der Waals surface area contributed by atoms with Crippen LogP contribution in [0, 0.1) is 11.3 Å². The standard InChI is InChI=1S/C19H21N3O/c1-2-22(15-16-7-4-3-5-8-16)12-11-19(23)21-18-10-6-9-17(13-18)14-20/h3-10,13H,2,11-12,15H2,1H3,(H,21,23). The van der Waals surface area contributed by atoms with Crippen molar-refractivity contribution in [3.8, 4) is 6.07 Å². The third kappa shape index (κ3) is 5.57. The molecular weight excluding hydrogens is 286 g/mol. The molecule has 2 aromatic carbocycles. The molecule has 0 aliphatic carbocycles. The van der Waals surface area contributed by atoms with Gasteiger partial charge in [-0.15, -0.1) is 0 Å². The van der Waals surface area contributed by atoms with Gasteiger partial charge in [-0.2, -0.15) is 5.26 Å². The van der Waals surface area contributed by atoms with Crippen molar-refractivity contribution >= 4 is 11.6 Å². The van der Waals surface area contributed by atoms with Gasteiger partial charge in [0, 0.05) is 25.2 Å². The van der Waals surface area contributed by atoms with Gasteiger partial charge in [-0.25, -0.2) is 0 Å². The Morgan fingerprint density at radius 1 is 1.17 bits per heavy atom. The monoisotopic (exact) mass is 307 g/mol. The Balaban J connectivity index is 1.83. The molecule has 0 unspecified atom stereocenters. The lowest BCUT2D eigenvalue weighted by molar-refractivity contribution is -0.116. The minimum atomic E-state index is -0.0356. The van der Waals surface area contributed by atoms with Crippen LogP contribution in [0.1, 0.15) is 24.5 Å². The third-order valence-corrected chi connectivity index (χ3v) is 3.63. The van der Waals surface area contributed by atoms with Gasteiger partial charge in [0.05, 0.1) is 11.6 Å². The first-order valence-electron chi connectivity index (χ1n) is 7.77. The van der Waals surface area contributed by atoms with E-state index in [2.05, 4.69) is 35.3 Å². The van der Waals surface area contributed by atoms with Crippen LogP contribution in [-0.2, 0) is 11.3 Å². The van der Waals surface area contributed by atoms with Gasteiger partial charge in [0.25, 0.3) is 0 Å². The van der Waals surface area contributed by atoms with Crippen LogP contribution >= 0.6 is 0 Å². The number of nitriles is 1. The zero-order valence-electron chi connectivity index (χ0n) is 13.3. The summed E-state index contributed by atoms with van der Waals surface area (Å²) in [4.78, 5) is 14.3. The molecule has 0 radical (unpaired) electrons. The number of carbonyl (C=O) groups excluding carboxylic acids is 1. The number of anilines is 1. The van der Waals surface area contributed by atoms with E-state index < -0.39 is 0 Å². The van der Waals surface area contributed by atoms with E-state index in [9.17, 15) is 4.79 Å². The molecule has 1 amide bonds. The van der Waals surface area contributed by atoms with Gasteiger partial charge in [0.1, 0.15) is 0 Å². The fourth-order valence-corrected chi connectivity index (χ4v) is 2.34. The molecule has 0 bridgehead atoms. The van der Waals surface area contributed by atoms with E-state index in [1.54, 1.807) is 24.3 Å². The quantitative estimate of drug-likeness (QED) is 0.853. The number of amides is 1. The highest BCUT2D eigenvalue weighted by Gasteiger charge is 2.08. The summed E-state index contributed by atoms with van der Waals surface area (Å²) >= 11 is 0. The minimum Gasteiger partial charge on any atom is -0.326 e. The lowest BCUT2D eigenvalue weighted by Crippen LogP contribution is -2.27. The molecule has 0 aliphatic rings. The molecule has 1 N–H and O–H groups in total. The van der Waals surface area contributed by atoms with E-state index in [0.717, 1.165) is 13.1 Å². The highest BCUT2D eigenvalue weighted by atomic mass is 16.1. The van der Waals surface area contributed by atoms with E-state index >= 15 is 0 Å². The topological polar surface area (TPSA) is 56.1 Å². The highest BCUT2D eigenvalue weighted by Crippen LogP contribution is 2.10. The first-order valence-corrected chi connectivity index (χ1v) is 7.77. The van der Waals surface area contributed by atoms with Crippen molar-refractivity contribution in [2.24, 2.45) is 0 Å². The van der Waals surface area contributed by atoms with Gasteiger partial charge in [-0.3, -0.25) is 9.69 Å². The number of rotatable bonds is 7. The average Bonchev–Trinajstić information content (AvgIpc) is 2.59. The molecule has 4 heteroatoms. The van der Waals surface area contributed by atoms with E-state index in [1.807, 2.05) is 18.2 Å². The molecule has 2 aromatic rings. The van der Waals surface area contributed by atoms with E-state index in [-0.39, 0.29) is 5.91 Å². The van der Waals surface area contributed by atoms with Crippen LogP contribution < -0.4 is 5.32 Å². The lowest BCUT2D eigenvalue weighted by Gasteiger charge is -2.20. The van der Waals surface area contributed by atoms with Gasteiger partial charge in [0.2, 0.25) is 5.91 Å². The fourth-order valence-electron chi connectivity index (χ4n) is 2.34. The smallest absolute Gasteiger partial charge is 0.225 e. The van der Waals surface area contributed by atoms with Crippen molar-refractivity contribution in [3.63, 3.8) is 0 Å². The number of nitrogens with zero attached hydrogens (tertiary/aromatic N) is 2. The summed E-state index contributed by atoms with van der Waals surface area (Å²) in [6.07, 6.45) is 0.428. The predicted octanol–water partition coefficient (Wildman–Crippen LogP) is 3.41. The Kier molecular flexibility index (Phi) is 6.34. The average molecular weight is 307 g/mol. The maximum Gasteiger partial charge on any atom is 0.225 e. The number of nitrogens with one attached hydrogen (secondary N) is 1. The third-order valence-electron chi connectivity index (χ3n) is 3.63. The molecule has 0 spiro atoms. The van der Waals surface area contributed by atoms with Crippen molar-refractivity contribution in [3.05, 3.63) is 65.7 Å². The van der Waals surface area contributed by atoms with Crippen LogP contribution in [0.2, 0.25) is 0 Å². The molecule has 0 fully saturated rings. The van der Waals surface area contributed by atoms with E-state index in [4.69, 9.17) is 5.26 Å². The van der Waals surface area contributed by atoms with Crippen LogP contribution in [0.15, 0.2) is 54.6 Å². The zero-order valence-corrected chi connectivity index (χ0v) is 13.3. The maximum atomic E-state index is 12.1. The highest BCUT2D eigenvalue weighted by molar-refractivity contribution is 5.90. The Morgan fingerprint density at radius 3 is 2.65 bits per heavy atom. The molecule has 2 rings (SSSR count). The summed E-state index contributed by atoms with van der Waals surface area (Å²) in [6.45, 7) is 4.53. The van der Waals surface area contributed by atoms with Crippen LogP contribution in [0.25, 0.3) is 0 Å². The fraction of sp³-hybridized carbons (Fsp3) is 0.263. The predicted molar refractivity (Wildman–Crippen MR) is 91.8 cm³/mol. The zero-order chi connectivity index (χ0) is 16.5. The summed E-state index contributed by atoms with van der Waals surface area (Å²) in [5.41, 5.74) is 2.46.